The molecule has 5 heteroatoms. The summed E-state index contributed by atoms with van der Waals surface area (Å²) in [6.07, 6.45) is 0. The second-order valence-corrected chi connectivity index (χ2v) is 4.48. The van der Waals surface area contributed by atoms with E-state index in [1.165, 1.54) is 7.11 Å². The molecule has 0 bridgehead atoms. The van der Waals surface area contributed by atoms with E-state index in [1.807, 2.05) is 19.1 Å². The number of carbonyl (C=O) groups is 1. The SMILES string of the molecule is CCOc1ccc(NC(=O)c2ccc(OC)cc2OC)cc1. The molecule has 22 heavy (non-hydrogen) atoms. The molecule has 0 heterocycles. The van der Waals surface area contributed by atoms with Crippen molar-refractivity contribution in [3.63, 3.8) is 0 Å². The van der Waals surface area contributed by atoms with Crippen molar-refractivity contribution in [1.82, 2.24) is 0 Å². The summed E-state index contributed by atoms with van der Waals surface area (Å²) < 4.78 is 15.7. The van der Waals surface area contributed by atoms with Crippen molar-refractivity contribution in [2.75, 3.05) is 26.1 Å². The van der Waals surface area contributed by atoms with Crippen molar-refractivity contribution in [2.45, 2.75) is 6.92 Å². The largest absolute Gasteiger partial charge is 0.497 e. The van der Waals surface area contributed by atoms with E-state index in [2.05, 4.69) is 5.32 Å². The Morgan fingerprint density at radius 3 is 2.27 bits per heavy atom. The Balaban J connectivity index is 2.14. The number of rotatable bonds is 6. The highest BCUT2D eigenvalue weighted by molar-refractivity contribution is 6.06. The molecule has 0 spiro atoms. The minimum absolute atomic E-state index is 0.247. The molecule has 0 fully saturated rings. The fourth-order valence-corrected chi connectivity index (χ4v) is 1.99. The van der Waals surface area contributed by atoms with Crippen molar-refractivity contribution >= 4 is 11.6 Å². The fourth-order valence-electron chi connectivity index (χ4n) is 1.99. The van der Waals surface area contributed by atoms with Crippen molar-refractivity contribution < 1.29 is 19.0 Å². The van der Waals surface area contributed by atoms with Crippen LogP contribution in [0.15, 0.2) is 42.5 Å². The van der Waals surface area contributed by atoms with E-state index < -0.39 is 0 Å². The number of nitrogens with one attached hydrogen (secondary N) is 1. The van der Waals surface area contributed by atoms with Crippen LogP contribution in [0.25, 0.3) is 0 Å². The Kier molecular flexibility index (Phi) is 5.25. The Hall–Kier alpha value is -2.69. The van der Waals surface area contributed by atoms with Gasteiger partial charge in [-0.3, -0.25) is 4.79 Å². The van der Waals surface area contributed by atoms with Gasteiger partial charge < -0.3 is 19.5 Å². The first kappa shape index (κ1) is 15.7. The smallest absolute Gasteiger partial charge is 0.259 e. The molecule has 0 aliphatic heterocycles. The van der Waals surface area contributed by atoms with Gasteiger partial charge >= 0.3 is 0 Å². The summed E-state index contributed by atoms with van der Waals surface area (Å²) in [7, 11) is 3.08. The molecule has 2 aromatic carbocycles. The van der Waals surface area contributed by atoms with Crippen LogP contribution in [0.4, 0.5) is 5.69 Å². The van der Waals surface area contributed by atoms with E-state index in [9.17, 15) is 4.79 Å². The van der Waals surface area contributed by atoms with E-state index >= 15 is 0 Å². The second-order valence-electron chi connectivity index (χ2n) is 4.48. The van der Waals surface area contributed by atoms with Gasteiger partial charge in [-0.25, -0.2) is 0 Å². The third-order valence-corrected chi connectivity index (χ3v) is 3.08. The van der Waals surface area contributed by atoms with Crippen molar-refractivity contribution in [3.8, 4) is 17.2 Å². The van der Waals surface area contributed by atoms with Gasteiger partial charge in [-0.15, -0.1) is 0 Å². The molecular weight excluding hydrogens is 282 g/mol. The summed E-state index contributed by atoms with van der Waals surface area (Å²) in [4.78, 5) is 12.3. The highest BCUT2D eigenvalue weighted by atomic mass is 16.5. The number of hydrogen-bond acceptors (Lipinski definition) is 4. The second kappa shape index (κ2) is 7.36. The summed E-state index contributed by atoms with van der Waals surface area (Å²) in [6.45, 7) is 2.53. The third-order valence-electron chi connectivity index (χ3n) is 3.08. The number of ether oxygens (including phenoxy) is 3. The quantitative estimate of drug-likeness (QED) is 0.889. The summed E-state index contributed by atoms with van der Waals surface area (Å²) in [5.74, 6) is 1.61. The monoisotopic (exact) mass is 301 g/mol. The van der Waals surface area contributed by atoms with Crippen LogP contribution in [-0.2, 0) is 0 Å². The number of anilines is 1. The van der Waals surface area contributed by atoms with Gasteiger partial charge in [0.2, 0.25) is 0 Å². The maximum absolute atomic E-state index is 12.3. The first-order valence-corrected chi connectivity index (χ1v) is 6.94. The van der Waals surface area contributed by atoms with Crippen LogP contribution < -0.4 is 19.5 Å². The van der Waals surface area contributed by atoms with E-state index in [0.29, 0.717) is 29.4 Å². The summed E-state index contributed by atoms with van der Waals surface area (Å²) in [6, 6.07) is 12.3. The van der Waals surface area contributed by atoms with Crippen LogP contribution in [0.1, 0.15) is 17.3 Å². The lowest BCUT2D eigenvalue weighted by molar-refractivity contribution is 0.102. The lowest BCUT2D eigenvalue weighted by Crippen LogP contribution is -2.13. The molecule has 0 saturated carbocycles. The van der Waals surface area contributed by atoms with Crippen LogP contribution in [0.2, 0.25) is 0 Å². The van der Waals surface area contributed by atoms with E-state index in [-0.39, 0.29) is 5.91 Å². The lowest BCUT2D eigenvalue weighted by atomic mass is 10.1. The zero-order chi connectivity index (χ0) is 15.9. The van der Waals surface area contributed by atoms with Crippen LogP contribution in [-0.4, -0.2) is 26.7 Å². The summed E-state index contributed by atoms with van der Waals surface area (Å²) in [5.41, 5.74) is 1.13. The van der Waals surface area contributed by atoms with E-state index in [1.54, 1.807) is 37.4 Å². The molecule has 5 nitrogen and oxygen atoms in total. The molecule has 0 atom stereocenters. The Morgan fingerprint density at radius 2 is 1.68 bits per heavy atom. The highest BCUT2D eigenvalue weighted by Gasteiger charge is 2.13. The van der Waals surface area contributed by atoms with Gasteiger partial charge in [0.1, 0.15) is 17.2 Å². The molecule has 1 amide bonds. The maximum atomic E-state index is 12.3. The minimum Gasteiger partial charge on any atom is -0.497 e. The molecule has 0 aromatic heterocycles. The van der Waals surface area contributed by atoms with Gasteiger partial charge in [0, 0.05) is 11.8 Å². The third kappa shape index (κ3) is 3.69. The normalized spacial score (nSPS) is 9.95. The average molecular weight is 301 g/mol. The van der Waals surface area contributed by atoms with Crippen LogP contribution in [0, 0.1) is 0 Å². The Bertz CT molecular complexity index is 638. The van der Waals surface area contributed by atoms with Crippen molar-refractivity contribution in [2.24, 2.45) is 0 Å². The maximum Gasteiger partial charge on any atom is 0.259 e. The van der Waals surface area contributed by atoms with Gasteiger partial charge in [-0.05, 0) is 43.3 Å². The number of amides is 1. The van der Waals surface area contributed by atoms with Crippen LogP contribution in [0.5, 0.6) is 17.2 Å². The van der Waals surface area contributed by atoms with Crippen LogP contribution in [0.3, 0.4) is 0 Å². The standard InChI is InChI=1S/C17H19NO4/c1-4-22-13-7-5-12(6-8-13)18-17(19)15-10-9-14(20-2)11-16(15)21-3/h5-11H,4H2,1-3H3,(H,18,19). The molecule has 0 radical (unpaired) electrons. The molecule has 0 unspecified atom stereocenters. The van der Waals surface area contributed by atoms with Gasteiger partial charge in [-0.1, -0.05) is 0 Å². The Morgan fingerprint density at radius 1 is 1.00 bits per heavy atom. The molecule has 2 rings (SSSR count). The first-order chi connectivity index (χ1) is 10.7. The number of benzene rings is 2. The summed E-state index contributed by atoms with van der Waals surface area (Å²) >= 11 is 0. The predicted octanol–water partition coefficient (Wildman–Crippen LogP) is 3.35. The number of methoxy groups -OCH3 is 2. The predicted molar refractivity (Wildman–Crippen MR) is 85.1 cm³/mol. The van der Waals surface area contributed by atoms with Gasteiger partial charge in [0.25, 0.3) is 5.91 Å². The van der Waals surface area contributed by atoms with Crippen molar-refractivity contribution in [1.29, 1.82) is 0 Å². The molecule has 116 valence electrons. The van der Waals surface area contributed by atoms with Crippen LogP contribution >= 0.6 is 0 Å². The van der Waals surface area contributed by atoms with Gasteiger partial charge in [-0.2, -0.15) is 0 Å². The van der Waals surface area contributed by atoms with Gasteiger partial charge in [0.15, 0.2) is 0 Å². The zero-order valence-electron chi connectivity index (χ0n) is 12.9. The molecule has 2 aromatic rings. The summed E-state index contributed by atoms with van der Waals surface area (Å²) in [5, 5.41) is 2.82. The molecular formula is C17H19NO4. The Labute approximate surface area is 129 Å². The number of carbonyl (C=O) groups excluding carboxylic acids is 1. The average Bonchev–Trinajstić information content (AvgIpc) is 2.56. The van der Waals surface area contributed by atoms with Crippen molar-refractivity contribution in [3.05, 3.63) is 48.0 Å². The fraction of sp³-hybridized carbons (Fsp3) is 0.235. The highest BCUT2D eigenvalue weighted by Crippen LogP contribution is 2.25. The first-order valence-electron chi connectivity index (χ1n) is 6.94. The molecule has 0 aliphatic carbocycles. The molecule has 0 saturated heterocycles. The zero-order valence-corrected chi connectivity index (χ0v) is 12.9. The van der Waals surface area contributed by atoms with Gasteiger partial charge in [0.05, 0.1) is 26.4 Å². The minimum atomic E-state index is -0.247. The molecule has 1 N–H and O–H groups in total. The number of hydrogen-bond donors (Lipinski definition) is 1. The molecule has 0 aliphatic rings. The van der Waals surface area contributed by atoms with E-state index in [0.717, 1.165) is 5.75 Å². The lowest BCUT2D eigenvalue weighted by Gasteiger charge is -2.11. The topological polar surface area (TPSA) is 56.8 Å². The van der Waals surface area contributed by atoms with E-state index in [4.69, 9.17) is 14.2 Å².